The second kappa shape index (κ2) is 6.54. The van der Waals surface area contributed by atoms with E-state index in [2.05, 4.69) is 9.71 Å². The predicted molar refractivity (Wildman–Crippen MR) is 71.9 cm³/mol. The summed E-state index contributed by atoms with van der Waals surface area (Å²) < 4.78 is 26.7. The SMILES string of the molecule is Cc1[nH]c(C(=O)O)c(C)c1S(=O)(=O)NCCCCC#N. The summed E-state index contributed by atoms with van der Waals surface area (Å²) >= 11 is 0. The number of carboxylic acids is 1. The number of aromatic nitrogens is 1. The Hall–Kier alpha value is -1.85. The highest BCUT2D eigenvalue weighted by molar-refractivity contribution is 7.89. The van der Waals surface area contributed by atoms with Gasteiger partial charge in [0.2, 0.25) is 10.0 Å². The molecule has 7 nitrogen and oxygen atoms in total. The first-order valence-electron chi connectivity index (χ1n) is 6.10. The quantitative estimate of drug-likeness (QED) is 0.655. The number of nitriles is 1. The van der Waals surface area contributed by atoms with Crippen molar-refractivity contribution in [1.82, 2.24) is 9.71 Å². The number of sulfonamides is 1. The maximum atomic E-state index is 12.2. The lowest BCUT2D eigenvalue weighted by Crippen LogP contribution is -2.25. The van der Waals surface area contributed by atoms with Crippen LogP contribution in [-0.2, 0) is 10.0 Å². The summed E-state index contributed by atoms with van der Waals surface area (Å²) in [4.78, 5) is 13.5. The first-order chi connectivity index (χ1) is 9.31. The van der Waals surface area contributed by atoms with E-state index in [-0.39, 0.29) is 22.7 Å². The first kappa shape index (κ1) is 16.2. The number of aromatic amines is 1. The molecule has 1 aromatic rings. The van der Waals surface area contributed by atoms with Crippen LogP contribution in [-0.4, -0.2) is 31.0 Å². The average molecular weight is 299 g/mol. The van der Waals surface area contributed by atoms with Crippen molar-refractivity contribution < 1.29 is 18.3 Å². The van der Waals surface area contributed by atoms with Crippen molar-refractivity contribution in [3.8, 4) is 6.07 Å². The van der Waals surface area contributed by atoms with Crippen LogP contribution in [0.25, 0.3) is 0 Å². The van der Waals surface area contributed by atoms with E-state index in [4.69, 9.17) is 10.4 Å². The molecule has 0 spiro atoms. The average Bonchev–Trinajstić information content (AvgIpc) is 2.65. The van der Waals surface area contributed by atoms with E-state index < -0.39 is 16.0 Å². The summed E-state index contributed by atoms with van der Waals surface area (Å²) in [7, 11) is -3.75. The van der Waals surface area contributed by atoms with Crippen molar-refractivity contribution >= 4 is 16.0 Å². The number of hydrogen-bond acceptors (Lipinski definition) is 4. The van der Waals surface area contributed by atoms with Gasteiger partial charge in [0.1, 0.15) is 10.6 Å². The Morgan fingerprint density at radius 2 is 2.05 bits per heavy atom. The molecule has 0 amide bonds. The molecule has 0 aliphatic carbocycles. The fraction of sp³-hybridized carbons (Fsp3) is 0.500. The highest BCUT2D eigenvalue weighted by Crippen LogP contribution is 2.22. The lowest BCUT2D eigenvalue weighted by Gasteiger charge is -2.07. The largest absolute Gasteiger partial charge is 0.477 e. The van der Waals surface area contributed by atoms with E-state index in [9.17, 15) is 13.2 Å². The molecule has 0 radical (unpaired) electrons. The number of carbonyl (C=O) groups is 1. The van der Waals surface area contributed by atoms with Gasteiger partial charge < -0.3 is 10.1 Å². The summed E-state index contributed by atoms with van der Waals surface area (Å²) in [5.41, 5.74) is 0.372. The number of H-pyrrole nitrogens is 1. The Balaban J connectivity index is 2.88. The maximum Gasteiger partial charge on any atom is 0.352 e. The lowest BCUT2D eigenvalue weighted by atomic mass is 10.2. The van der Waals surface area contributed by atoms with Crippen molar-refractivity contribution in [2.24, 2.45) is 0 Å². The molecule has 0 aliphatic heterocycles. The van der Waals surface area contributed by atoms with E-state index >= 15 is 0 Å². The summed E-state index contributed by atoms with van der Waals surface area (Å²) in [5, 5.41) is 17.3. The van der Waals surface area contributed by atoms with Crippen LogP contribution in [0.3, 0.4) is 0 Å². The molecular weight excluding hydrogens is 282 g/mol. The fourth-order valence-corrected chi connectivity index (χ4v) is 3.47. The predicted octanol–water partition coefficient (Wildman–Crippen LogP) is 1.30. The van der Waals surface area contributed by atoms with Gasteiger partial charge in [-0.25, -0.2) is 17.9 Å². The van der Waals surface area contributed by atoms with Gasteiger partial charge in [0, 0.05) is 24.2 Å². The normalized spacial score (nSPS) is 11.2. The second-order valence-corrected chi connectivity index (χ2v) is 6.10. The molecule has 3 N–H and O–H groups in total. The minimum absolute atomic E-state index is 0.0183. The van der Waals surface area contributed by atoms with Gasteiger partial charge >= 0.3 is 5.97 Å². The fourth-order valence-electron chi connectivity index (χ4n) is 1.96. The molecule has 8 heteroatoms. The maximum absolute atomic E-state index is 12.2. The Morgan fingerprint density at radius 1 is 1.40 bits per heavy atom. The van der Waals surface area contributed by atoms with Crippen molar-refractivity contribution in [2.45, 2.75) is 38.0 Å². The zero-order valence-electron chi connectivity index (χ0n) is 11.4. The van der Waals surface area contributed by atoms with Gasteiger partial charge in [0.15, 0.2) is 0 Å². The zero-order valence-corrected chi connectivity index (χ0v) is 12.2. The van der Waals surface area contributed by atoms with Crippen LogP contribution in [0.1, 0.15) is 41.0 Å². The van der Waals surface area contributed by atoms with E-state index in [1.165, 1.54) is 13.8 Å². The highest BCUT2D eigenvalue weighted by atomic mass is 32.2. The van der Waals surface area contributed by atoms with Gasteiger partial charge in [0.05, 0.1) is 6.07 Å². The number of rotatable bonds is 7. The topological polar surface area (TPSA) is 123 Å². The van der Waals surface area contributed by atoms with Crippen LogP contribution in [0.4, 0.5) is 0 Å². The van der Waals surface area contributed by atoms with Gasteiger partial charge in [-0.15, -0.1) is 0 Å². The van der Waals surface area contributed by atoms with Crippen LogP contribution in [0.15, 0.2) is 4.90 Å². The van der Waals surface area contributed by atoms with Crippen LogP contribution < -0.4 is 4.72 Å². The van der Waals surface area contributed by atoms with Crippen LogP contribution in [0.5, 0.6) is 0 Å². The molecule has 1 aromatic heterocycles. The van der Waals surface area contributed by atoms with E-state index in [1.807, 2.05) is 6.07 Å². The van der Waals surface area contributed by atoms with Gasteiger partial charge in [0.25, 0.3) is 0 Å². The monoisotopic (exact) mass is 299 g/mol. The molecule has 0 saturated heterocycles. The molecule has 0 atom stereocenters. The molecule has 0 unspecified atom stereocenters. The molecule has 20 heavy (non-hydrogen) atoms. The smallest absolute Gasteiger partial charge is 0.352 e. The van der Waals surface area contributed by atoms with Crippen LogP contribution in [0, 0.1) is 25.2 Å². The Labute approximate surface area is 117 Å². The van der Waals surface area contributed by atoms with E-state index in [0.717, 1.165) is 0 Å². The van der Waals surface area contributed by atoms with Crippen molar-refractivity contribution in [3.05, 3.63) is 17.0 Å². The summed E-state index contributed by atoms with van der Waals surface area (Å²) in [5.74, 6) is -1.19. The minimum Gasteiger partial charge on any atom is -0.477 e. The number of nitrogens with zero attached hydrogens (tertiary/aromatic N) is 1. The molecule has 110 valence electrons. The van der Waals surface area contributed by atoms with E-state index in [0.29, 0.717) is 25.0 Å². The summed E-state index contributed by atoms with van der Waals surface area (Å²) in [6, 6.07) is 1.98. The summed E-state index contributed by atoms with van der Waals surface area (Å²) in [6.07, 6.45) is 1.55. The molecule has 1 rings (SSSR count). The van der Waals surface area contributed by atoms with Crippen LogP contribution >= 0.6 is 0 Å². The first-order valence-corrected chi connectivity index (χ1v) is 7.58. The van der Waals surface area contributed by atoms with E-state index in [1.54, 1.807) is 0 Å². The molecule has 0 aromatic carbocycles. The summed E-state index contributed by atoms with van der Waals surface area (Å²) in [6.45, 7) is 3.19. The Kier molecular flexibility index (Phi) is 5.30. The number of hydrogen-bond donors (Lipinski definition) is 3. The van der Waals surface area contributed by atoms with Gasteiger partial charge in [-0.1, -0.05) is 0 Å². The lowest BCUT2D eigenvalue weighted by molar-refractivity contribution is 0.0690. The number of aromatic carboxylic acids is 1. The molecule has 0 bridgehead atoms. The highest BCUT2D eigenvalue weighted by Gasteiger charge is 2.25. The Morgan fingerprint density at radius 3 is 2.55 bits per heavy atom. The van der Waals surface area contributed by atoms with Crippen molar-refractivity contribution in [2.75, 3.05) is 6.54 Å². The van der Waals surface area contributed by atoms with Crippen molar-refractivity contribution in [3.63, 3.8) is 0 Å². The van der Waals surface area contributed by atoms with Gasteiger partial charge in [-0.3, -0.25) is 0 Å². The molecule has 1 heterocycles. The van der Waals surface area contributed by atoms with Crippen LogP contribution in [0.2, 0.25) is 0 Å². The number of carboxylic acid groups (broad SMARTS) is 1. The molecule has 0 aliphatic rings. The number of aryl methyl sites for hydroxylation is 1. The second-order valence-electron chi connectivity index (χ2n) is 4.40. The zero-order chi connectivity index (χ0) is 15.3. The molecular formula is C12H17N3O4S. The third-order valence-electron chi connectivity index (χ3n) is 2.86. The van der Waals surface area contributed by atoms with Gasteiger partial charge in [-0.05, 0) is 26.7 Å². The third kappa shape index (κ3) is 3.59. The number of nitrogens with one attached hydrogen (secondary N) is 2. The standard InChI is InChI=1S/C12H17N3O4S/c1-8-10(12(16)17)15-9(2)11(8)20(18,19)14-7-5-3-4-6-13/h14-15H,3-5,7H2,1-2H3,(H,16,17). The number of unbranched alkanes of at least 4 members (excludes halogenated alkanes) is 2. The Bertz CT molecular complexity index is 640. The molecule has 0 saturated carbocycles. The third-order valence-corrected chi connectivity index (χ3v) is 4.59. The minimum atomic E-state index is -3.75. The van der Waals surface area contributed by atoms with Crippen molar-refractivity contribution in [1.29, 1.82) is 5.26 Å². The van der Waals surface area contributed by atoms with Gasteiger partial charge in [-0.2, -0.15) is 5.26 Å². The molecule has 0 fully saturated rings.